The highest BCUT2D eigenvalue weighted by atomic mass is 16.7. The molecule has 0 spiro atoms. The third kappa shape index (κ3) is 4.59. The van der Waals surface area contributed by atoms with E-state index in [-0.39, 0.29) is 10.6 Å². The molecule has 0 saturated heterocycles. The average Bonchev–Trinajstić information content (AvgIpc) is 3.21. The number of carbonyl (C=O) groups excluding carboxylic acids is 1. The maximum Gasteiger partial charge on any atom is 0.331 e. The summed E-state index contributed by atoms with van der Waals surface area (Å²) < 4.78 is 2.10. The molecule has 0 amide bonds. The van der Waals surface area contributed by atoms with Crippen LogP contribution in [0.4, 0.5) is 5.69 Å². The van der Waals surface area contributed by atoms with Crippen LogP contribution < -0.4 is 0 Å². The third-order valence-corrected chi connectivity index (χ3v) is 6.48. The molecule has 5 aromatic rings. The summed E-state index contributed by atoms with van der Waals surface area (Å²) >= 11 is 0. The Balaban J connectivity index is 1.79. The average molecular weight is 492 g/mol. The van der Waals surface area contributed by atoms with Crippen LogP contribution >= 0.6 is 0 Å². The summed E-state index contributed by atoms with van der Waals surface area (Å²) in [4.78, 5) is 28.0. The van der Waals surface area contributed by atoms with Crippen LogP contribution in [0.15, 0.2) is 90.1 Å². The lowest BCUT2D eigenvalue weighted by molar-refractivity contribution is -0.384. The van der Waals surface area contributed by atoms with E-state index in [9.17, 15) is 14.9 Å². The standard InChI is InChI=1S/C30H25N3O4/c1-19-12-14-25(27(31-37-21(3)34)17-22-9-5-4-8-20(22)2)30(16-19)32-28-11-7-6-10-24(28)26-18-23(33(35)36)13-15-29(26)32/h4-16,18H,17H2,1-3H3/b31-27+. The van der Waals surface area contributed by atoms with Crippen LogP contribution in [0.5, 0.6) is 0 Å². The molecule has 4 aromatic carbocycles. The molecule has 37 heavy (non-hydrogen) atoms. The van der Waals surface area contributed by atoms with Gasteiger partial charge in [0.25, 0.3) is 5.69 Å². The number of non-ortho nitro benzene ring substituents is 1. The number of nitro groups is 1. The van der Waals surface area contributed by atoms with Crippen molar-refractivity contribution in [2.45, 2.75) is 27.2 Å². The summed E-state index contributed by atoms with van der Waals surface area (Å²) in [6.45, 7) is 5.37. The Bertz CT molecular complexity index is 1720. The summed E-state index contributed by atoms with van der Waals surface area (Å²) in [6.07, 6.45) is 0.457. The maximum absolute atomic E-state index is 11.7. The summed E-state index contributed by atoms with van der Waals surface area (Å²) in [5, 5.41) is 17.5. The molecule has 7 nitrogen and oxygen atoms in total. The quantitative estimate of drug-likeness (QED) is 0.113. The number of para-hydroxylation sites is 1. The Hall–Kier alpha value is -4.78. The molecule has 1 aromatic heterocycles. The summed E-state index contributed by atoms with van der Waals surface area (Å²) in [7, 11) is 0. The van der Waals surface area contributed by atoms with Crippen LogP contribution in [0, 0.1) is 24.0 Å². The predicted molar refractivity (Wildman–Crippen MR) is 145 cm³/mol. The van der Waals surface area contributed by atoms with Gasteiger partial charge in [0.2, 0.25) is 0 Å². The molecule has 7 heteroatoms. The van der Waals surface area contributed by atoms with Gasteiger partial charge < -0.3 is 9.40 Å². The van der Waals surface area contributed by atoms with Crippen molar-refractivity contribution in [3.63, 3.8) is 0 Å². The number of fused-ring (bicyclic) bond motifs is 3. The normalized spacial score (nSPS) is 11.7. The van der Waals surface area contributed by atoms with E-state index in [1.807, 2.05) is 74.5 Å². The predicted octanol–water partition coefficient (Wildman–Crippen LogP) is 6.82. The second-order valence-electron chi connectivity index (χ2n) is 9.06. The second kappa shape index (κ2) is 9.70. The monoisotopic (exact) mass is 491 g/mol. The Kier molecular flexibility index (Phi) is 6.27. The fraction of sp³-hybridized carbons (Fsp3) is 0.133. The van der Waals surface area contributed by atoms with Crippen LogP contribution in [-0.4, -0.2) is 21.2 Å². The number of hydrogen-bond acceptors (Lipinski definition) is 5. The SMILES string of the molecule is CC(=O)O/N=C(\Cc1ccccc1C)c1ccc(C)cc1-n1c2ccccc2c2cc([N+](=O)[O-])ccc21. The molecule has 5 rings (SSSR count). The van der Waals surface area contributed by atoms with Gasteiger partial charge in [-0.15, -0.1) is 0 Å². The fourth-order valence-corrected chi connectivity index (χ4v) is 4.69. The minimum Gasteiger partial charge on any atom is -0.318 e. The first-order chi connectivity index (χ1) is 17.8. The van der Waals surface area contributed by atoms with Crippen molar-refractivity contribution in [1.82, 2.24) is 4.57 Å². The largest absolute Gasteiger partial charge is 0.331 e. The van der Waals surface area contributed by atoms with Crippen molar-refractivity contribution in [2.24, 2.45) is 5.16 Å². The molecule has 0 unspecified atom stereocenters. The zero-order valence-corrected chi connectivity index (χ0v) is 20.8. The zero-order valence-electron chi connectivity index (χ0n) is 20.8. The lowest BCUT2D eigenvalue weighted by Gasteiger charge is -2.17. The number of aryl methyl sites for hydroxylation is 2. The van der Waals surface area contributed by atoms with Crippen LogP contribution in [0.1, 0.15) is 29.2 Å². The molecule has 0 aliphatic carbocycles. The molecule has 184 valence electrons. The maximum atomic E-state index is 11.7. The molecule has 0 fully saturated rings. The minimum atomic E-state index is -0.500. The van der Waals surface area contributed by atoms with E-state index in [1.165, 1.54) is 13.0 Å². The lowest BCUT2D eigenvalue weighted by atomic mass is 9.96. The molecule has 0 aliphatic heterocycles. The number of benzene rings is 4. The Morgan fingerprint density at radius 1 is 0.919 bits per heavy atom. The molecule has 0 saturated carbocycles. The number of aromatic nitrogens is 1. The summed E-state index contributed by atoms with van der Waals surface area (Å²) in [5.41, 5.74) is 7.25. The van der Waals surface area contributed by atoms with Gasteiger partial charge in [0.1, 0.15) is 0 Å². The number of oxime groups is 1. The van der Waals surface area contributed by atoms with Gasteiger partial charge in [0.05, 0.1) is 27.4 Å². The number of nitro benzene ring substituents is 1. The van der Waals surface area contributed by atoms with Crippen molar-refractivity contribution in [1.29, 1.82) is 0 Å². The first-order valence-corrected chi connectivity index (χ1v) is 11.9. The van der Waals surface area contributed by atoms with Gasteiger partial charge in [0, 0.05) is 41.8 Å². The highest BCUT2D eigenvalue weighted by Crippen LogP contribution is 2.35. The number of carbonyl (C=O) groups is 1. The second-order valence-corrected chi connectivity index (χ2v) is 9.06. The van der Waals surface area contributed by atoms with Gasteiger partial charge >= 0.3 is 5.97 Å². The van der Waals surface area contributed by atoms with Crippen LogP contribution in [-0.2, 0) is 16.1 Å². The van der Waals surface area contributed by atoms with Crippen LogP contribution in [0.25, 0.3) is 27.5 Å². The number of rotatable bonds is 6. The fourth-order valence-electron chi connectivity index (χ4n) is 4.69. The molecule has 0 atom stereocenters. The molecule has 1 heterocycles. The van der Waals surface area contributed by atoms with E-state index >= 15 is 0 Å². The summed E-state index contributed by atoms with van der Waals surface area (Å²) in [6, 6.07) is 26.8. The highest BCUT2D eigenvalue weighted by molar-refractivity contribution is 6.12. The first kappa shape index (κ1) is 23.9. The topological polar surface area (TPSA) is 86.7 Å². The Labute approximate surface area is 213 Å². The van der Waals surface area contributed by atoms with E-state index < -0.39 is 5.97 Å². The van der Waals surface area contributed by atoms with E-state index in [1.54, 1.807) is 12.1 Å². The van der Waals surface area contributed by atoms with Gasteiger partial charge in [-0.1, -0.05) is 59.8 Å². The van der Waals surface area contributed by atoms with E-state index in [0.29, 0.717) is 12.1 Å². The van der Waals surface area contributed by atoms with Gasteiger partial charge in [0.15, 0.2) is 0 Å². The Morgan fingerprint density at radius 2 is 1.65 bits per heavy atom. The zero-order chi connectivity index (χ0) is 26.1. The highest BCUT2D eigenvalue weighted by Gasteiger charge is 2.20. The van der Waals surface area contributed by atoms with Gasteiger partial charge in [-0.25, -0.2) is 4.79 Å². The lowest BCUT2D eigenvalue weighted by Crippen LogP contribution is -2.13. The summed E-state index contributed by atoms with van der Waals surface area (Å²) in [5.74, 6) is -0.500. The van der Waals surface area contributed by atoms with Crippen LogP contribution in [0.3, 0.4) is 0 Å². The van der Waals surface area contributed by atoms with Crippen molar-refractivity contribution in [2.75, 3.05) is 0 Å². The van der Waals surface area contributed by atoms with Gasteiger partial charge in [-0.2, -0.15) is 0 Å². The van der Waals surface area contributed by atoms with Crippen LogP contribution in [0.2, 0.25) is 0 Å². The van der Waals surface area contributed by atoms with Crippen molar-refractivity contribution < 1.29 is 14.6 Å². The third-order valence-electron chi connectivity index (χ3n) is 6.48. The molecule has 0 aliphatic rings. The number of hydrogen-bond donors (Lipinski definition) is 0. The molecular weight excluding hydrogens is 466 g/mol. The van der Waals surface area contributed by atoms with Gasteiger partial charge in [-0.05, 0) is 48.7 Å². The van der Waals surface area contributed by atoms with E-state index in [2.05, 4.69) is 15.8 Å². The molecule has 0 bridgehead atoms. The minimum absolute atomic E-state index is 0.0385. The molecule has 0 radical (unpaired) electrons. The van der Waals surface area contributed by atoms with Crippen molar-refractivity contribution in [3.8, 4) is 5.69 Å². The van der Waals surface area contributed by atoms with Crippen molar-refractivity contribution >= 4 is 39.2 Å². The van der Waals surface area contributed by atoms with Crippen molar-refractivity contribution in [3.05, 3.63) is 117 Å². The first-order valence-electron chi connectivity index (χ1n) is 11.9. The Morgan fingerprint density at radius 3 is 2.41 bits per heavy atom. The smallest absolute Gasteiger partial charge is 0.318 e. The molecule has 0 N–H and O–H groups in total. The van der Waals surface area contributed by atoms with E-state index in [0.717, 1.165) is 49.7 Å². The molecular formula is C30H25N3O4. The van der Waals surface area contributed by atoms with Gasteiger partial charge in [-0.3, -0.25) is 10.1 Å². The number of nitrogens with zero attached hydrogens (tertiary/aromatic N) is 3. The van der Waals surface area contributed by atoms with E-state index in [4.69, 9.17) is 4.84 Å².